The first-order valence-corrected chi connectivity index (χ1v) is 5.64. The van der Waals surface area contributed by atoms with E-state index in [9.17, 15) is 9.59 Å². The fraction of sp³-hybridized carbons (Fsp3) is 0.615. The van der Waals surface area contributed by atoms with E-state index < -0.39 is 17.2 Å². The average Bonchev–Trinajstić information content (AvgIpc) is 2.14. The molecule has 1 atom stereocenters. The van der Waals surface area contributed by atoms with Crippen molar-refractivity contribution in [2.75, 3.05) is 6.54 Å². The molecule has 0 radical (unpaired) electrons. The number of ether oxygens (including phenoxy) is 1. The van der Waals surface area contributed by atoms with E-state index >= 15 is 0 Å². The summed E-state index contributed by atoms with van der Waals surface area (Å²) < 4.78 is 5.09. The largest absolute Gasteiger partial charge is 0.444 e. The van der Waals surface area contributed by atoms with Crippen molar-refractivity contribution in [3.8, 4) is 0 Å². The van der Waals surface area contributed by atoms with Crippen molar-refractivity contribution < 1.29 is 14.3 Å². The Kier molecular flexibility index (Phi) is 5.57. The highest BCUT2D eigenvalue weighted by Gasteiger charge is 2.30. The lowest BCUT2D eigenvalue weighted by Crippen LogP contribution is -2.51. The quantitative estimate of drug-likeness (QED) is 0.617. The topological polar surface area (TPSA) is 59.8 Å². The predicted molar refractivity (Wildman–Crippen MR) is 69.1 cm³/mol. The van der Waals surface area contributed by atoms with Crippen LogP contribution in [0.3, 0.4) is 0 Å². The molecule has 0 saturated heterocycles. The molecule has 0 aromatic carbocycles. The molecule has 0 aliphatic rings. The van der Waals surface area contributed by atoms with Gasteiger partial charge in [-0.2, -0.15) is 0 Å². The van der Waals surface area contributed by atoms with Gasteiger partial charge in [0, 0.05) is 0 Å². The Morgan fingerprint density at radius 2 is 1.89 bits per heavy atom. The lowest BCUT2D eigenvalue weighted by molar-refractivity contribution is -0.121. The van der Waals surface area contributed by atoms with Gasteiger partial charge in [0.15, 0.2) is 5.78 Å². The molecule has 1 unspecified atom stereocenters. The summed E-state index contributed by atoms with van der Waals surface area (Å²) in [4.78, 5) is 26.3. The number of nitrogens with one attached hydrogen (secondary N) is 1. The Labute approximate surface area is 108 Å². The first kappa shape index (κ1) is 16.2. The maximum atomic E-state index is 11.6. The summed E-state index contributed by atoms with van der Waals surface area (Å²) in [6.45, 7) is 15.0. The molecular weight excluding hydrogens is 232 g/mol. The van der Waals surface area contributed by atoms with E-state index in [1.807, 2.05) is 0 Å². The molecule has 0 spiro atoms. The smallest absolute Gasteiger partial charge is 0.408 e. The summed E-state index contributed by atoms with van der Waals surface area (Å²) in [5.74, 6) is -0.227. The standard InChI is InChI=1S/C13H20N2O3/c1-10(16)13(5,8-7-9-14-6)15-11(17)18-12(2,3)4/h7-8H,9H2,1-5H3,(H,15,17)/b8-7+. The van der Waals surface area contributed by atoms with E-state index in [1.54, 1.807) is 33.8 Å². The second-order valence-corrected chi connectivity index (χ2v) is 5.13. The molecule has 0 aliphatic carbocycles. The van der Waals surface area contributed by atoms with E-state index in [-0.39, 0.29) is 12.3 Å². The van der Waals surface area contributed by atoms with Gasteiger partial charge >= 0.3 is 6.09 Å². The molecule has 5 heteroatoms. The zero-order chi connectivity index (χ0) is 14.4. The number of hydrogen-bond donors (Lipinski definition) is 1. The van der Waals surface area contributed by atoms with Crippen LogP contribution in [0.1, 0.15) is 34.6 Å². The van der Waals surface area contributed by atoms with E-state index in [0.717, 1.165) is 0 Å². The maximum Gasteiger partial charge on any atom is 0.408 e. The monoisotopic (exact) mass is 252 g/mol. The van der Waals surface area contributed by atoms with Crippen LogP contribution in [0.25, 0.3) is 4.85 Å². The Morgan fingerprint density at radius 1 is 1.33 bits per heavy atom. The highest BCUT2D eigenvalue weighted by molar-refractivity contribution is 5.91. The van der Waals surface area contributed by atoms with Crippen molar-refractivity contribution >= 4 is 11.9 Å². The third-order valence-electron chi connectivity index (χ3n) is 2.14. The predicted octanol–water partition coefficient (Wildman–Crippen LogP) is 2.33. The summed E-state index contributed by atoms with van der Waals surface area (Å²) in [7, 11) is 0. The summed E-state index contributed by atoms with van der Waals surface area (Å²) in [5, 5.41) is 2.51. The van der Waals surface area contributed by atoms with Gasteiger partial charge in [0.25, 0.3) is 0 Å². The molecule has 1 amide bonds. The summed E-state index contributed by atoms with van der Waals surface area (Å²) >= 11 is 0. The molecular formula is C13H20N2O3. The molecule has 0 aromatic heterocycles. The molecule has 0 aromatic rings. The van der Waals surface area contributed by atoms with Crippen LogP contribution >= 0.6 is 0 Å². The van der Waals surface area contributed by atoms with Crippen LogP contribution in [0.15, 0.2) is 12.2 Å². The normalized spacial score (nSPS) is 14.7. The van der Waals surface area contributed by atoms with Crippen molar-refractivity contribution in [3.05, 3.63) is 23.6 Å². The zero-order valence-electron chi connectivity index (χ0n) is 11.5. The maximum absolute atomic E-state index is 11.6. The fourth-order valence-corrected chi connectivity index (χ4v) is 1.10. The molecule has 1 N–H and O–H groups in total. The number of amides is 1. The average molecular weight is 252 g/mol. The number of alkyl carbamates (subject to hydrolysis) is 1. The van der Waals surface area contributed by atoms with E-state index in [1.165, 1.54) is 13.0 Å². The van der Waals surface area contributed by atoms with Crippen molar-refractivity contribution in [3.63, 3.8) is 0 Å². The van der Waals surface area contributed by atoms with Gasteiger partial charge in [0.1, 0.15) is 11.1 Å². The minimum Gasteiger partial charge on any atom is -0.444 e. The second kappa shape index (κ2) is 6.20. The van der Waals surface area contributed by atoms with Crippen molar-refractivity contribution in [2.45, 2.75) is 45.8 Å². The van der Waals surface area contributed by atoms with Gasteiger partial charge in [-0.25, -0.2) is 11.4 Å². The van der Waals surface area contributed by atoms with Crippen LogP contribution in [0.2, 0.25) is 0 Å². The second-order valence-electron chi connectivity index (χ2n) is 5.13. The van der Waals surface area contributed by atoms with Crippen molar-refractivity contribution in [1.29, 1.82) is 0 Å². The van der Waals surface area contributed by atoms with Gasteiger partial charge < -0.3 is 14.9 Å². The molecule has 0 bridgehead atoms. The number of hydrogen-bond acceptors (Lipinski definition) is 3. The van der Waals surface area contributed by atoms with Gasteiger partial charge in [0.05, 0.1) is 0 Å². The highest BCUT2D eigenvalue weighted by atomic mass is 16.6. The number of carbonyl (C=O) groups excluding carboxylic acids is 2. The Bertz CT molecular complexity index is 388. The van der Waals surface area contributed by atoms with E-state index in [0.29, 0.717) is 0 Å². The van der Waals surface area contributed by atoms with Gasteiger partial charge in [-0.3, -0.25) is 4.79 Å². The van der Waals surface area contributed by atoms with Crippen LogP contribution in [-0.4, -0.2) is 29.6 Å². The minimum atomic E-state index is -1.15. The summed E-state index contributed by atoms with van der Waals surface area (Å²) in [6, 6.07) is 0. The first-order chi connectivity index (χ1) is 8.10. The minimum absolute atomic E-state index is 0.166. The molecule has 0 heterocycles. The number of rotatable bonds is 4. The van der Waals surface area contributed by atoms with Crippen LogP contribution in [0.4, 0.5) is 4.79 Å². The number of nitrogens with zero attached hydrogens (tertiary/aromatic N) is 1. The number of carbonyl (C=O) groups is 2. The number of Topliss-reactive ketones (excluding diaryl/α,β-unsaturated/α-hetero) is 1. The Balaban J connectivity index is 4.78. The molecule has 100 valence electrons. The first-order valence-electron chi connectivity index (χ1n) is 5.64. The molecule has 18 heavy (non-hydrogen) atoms. The Morgan fingerprint density at radius 3 is 2.28 bits per heavy atom. The van der Waals surface area contributed by atoms with Gasteiger partial charge in [-0.1, -0.05) is 0 Å². The van der Waals surface area contributed by atoms with Gasteiger partial charge in [-0.15, -0.1) is 0 Å². The third-order valence-corrected chi connectivity index (χ3v) is 2.14. The van der Waals surface area contributed by atoms with Crippen LogP contribution < -0.4 is 5.32 Å². The lowest BCUT2D eigenvalue weighted by Gasteiger charge is -2.27. The molecule has 0 aliphatic heterocycles. The van der Waals surface area contributed by atoms with Crippen LogP contribution in [0.5, 0.6) is 0 Å². The number of ketones is 1. The van der Waals surface area contributed by atoms with Gasteiger partial charge in [0.2, 0.25) is 6.54 Å². The third kappa shape index (κ3) is 6.04. The SMILES string of the molecule is [C-]#[N+]C/C=C/C(C)(NC(=O)OC(C)(C)C)C(C)=O. The summed E-state index contributed by atoms with van der Waals surface area (Å²) in [5.41, 5.74) is -1.77. The Hall–Kier alpha value is -1.83. The van der Waals surface area contributed by atoms with E-state index in [2.05, 4.69) is 10.2 Å². The molecule has 5 nitrogen and oxygen atoms in total. The van der Waals surface area contributed by atoms with Crippen molar-refractivity contribution in [2.24, 2.45) is 0 Å². The lowest BCUT2D eigenvalue weighted by atomic mass is 9.97. The van der Waals surface area contributed by atoms with Crippen LogP contribution in [0, 0.1) is 6.57 Å². The fourth-order valence-electron chi connectivity index (χ4n) is 1.10. The zero-order valence-corrected chi connectivity index (χ0v) is 11.5. The van der Waals surface area contributed by atoms with Gasteiger partial charge in [-0.05, 0) is 46.8 Å². The molecule has 0 fully saturated rings. The highest BCUT2D eigenvalue weighted by Crippen LogP contribution is 2.12. The molecule has 0 saturated carbocycles. The van der Waals surface area contributed by atoms with E-state index in [4.69, 9.17) is 11.3 Å². The van der Waals surface area contributed by atoms with Crippen molar-refractivity contribution in [1.82, 2.24) is 5.32 Å². The van der Waals surface area contributed by atoms with Crippen LogP contribution in [-0.2, 0) is 9.53 Å². The summed E-state index contributed by atoms with van der Waals surface area (Å²) in [6.07, 6.45) is 2.40. The molecule has 0 rings (SSSR count).